The van der Waals surface area contributed by atoms with Crippen LogP contribution in [0, 0.1) is 5.92 Å². The van der Waals surface area contributed by atoms with Crippen LogP contribution in [0.3, 0.4) is 0 Å². The third-order valence-corrected chi connectivity index (χ3v) is 3.78. The quantitative estimate of drug-likeness (QED) is 0.735. The third-order valence-electron chi connectivity index (χ3n) is 3.78. The highest BCUT2D eigenvalue weighted by Gasteiger charge is 2.30. The van der Waals surface area contributed by atoms with E-state index in [1.165, 1.54) is 45.3 Å². The molecule has 0 spiro atoms. The van der Waals surface area contributed by atoms with Crippen LogP contribution in [-0.2, 0) is 4.74 Å². The zero-order chi connectivity index (χ0) is 12.1. The molecule has 2 aliphatic rings. The van der Waals surface area contributed by atoms with Crippen LogP contribution >= 0.6 is 0 Å². The Hall–Kier alpha value is -0.120. The standard InChI is InChI=1S/C14H28N2O/c1-12(2)17-9-8-16(14-5-6-14)11-13-4-3-7-15-10-13/h12-15H,3-11H2,1-2H3. The second-order valence-electron chi connectivity index (χ2n) is 5.86. The summed E-state index contributed by atoms with van der Waals surface area (Å²) in [5.41, 5.74) is 0. The second kappa shape index (κ2) is 6.72. The van der Waals surface area contributed by atoms with E-state index in [2.05, 4.69) is 24.1 Å². The maximum atomic E-state index is 5.68. The molecule has 0 aromatic rings. The molecule has 0 aromatic heterocycles. The van der Waals surface area contributed by atoms with Crippen molar-refractivity contribution in [1.29, 1.82) is 0 Å². The van der Waals surface area contributed by atoms with Crippen LogP contribution in [0.1, 0.15) is 39.5 Å². The average molecular weight is 240 g/mol. The summed E-state index contributed by atoms with van der Waals surface area (Å²) in [6.07, 6.45) is 5.93. The fraction of sp³-hybridized carbons (Fsp3) is 1.00. The number of rotatable bonds is 7. The molecule has 1 atom stereocenters. The highest BCUT2D eigenvalue weighted by molar-refractivity contribution is 4.86. The average Bonchev–Trinajstić information content (AvgIpc) is 3.12. The topological polar surface area (TPSA) is 24.5 Å². The maximum absolute atomic E-state index is 5.68. The van der Waals surface area contributed by atoms with Crippen LogP contribution in [-0.4, -0.2) is 49.8 Å². The normalized spacial score (nSPS) is 25.8. The van der Waals surface area contributed by atoms with Crippen molar-refractivity contribution in [3.05, 3.63) is 0 Å². The van der Waals surface area contributed by atoms with Crippen molar-refractivity contribution in [1.82, 2.24) is 10.2 Å². The molecule has 0 bridgehead atoms. The van der Waals surface area contributed by atoms with E-state index >= 15 is 0 Å². The van der Waals surface area contributed by atoms with Gasteiger partial charge < -0.3 is 10.1 Å². The summed E-state index contributed by atoms with van der Waals surface area (Å²) in [5.74, 6) is 0.864. The zero-order valence-electron chi connectivity index (χ0n) is 11.5. The molecular formula is C14H28N2O. The van der Waals surface area contributed by atoms with Gasteiger partial charge in [-0.25, -0.2) is 0 Å². The summed E-state index contributed by atoms with van der Waals surface area (Å²) in [4.78, 5) is 2.67. The molecule has 1 aliphatic carbocycles. The number of nitrogens with zero attached hydrogens (tertiary/aromatic N) is 1. The highest BCUT2D eigenvalue weighted by Crippen LogP contribution is 2.28. The number of nitrogens with one attached hydrogen (secondary N) is 1. The predicted molar refractivity (Wildman–Crippen MR) is 71.3 cm³/mol. The van der Waals surface area contributed by atoms with Crippen LogP contribution in [0.5, 0.6) is 0 Å². The molecule has 3 nitrogen and oxygen atoms in total. The molecule has 17 heavy (non-hydrogen) atoms. The monoisotopic (exact) mass is 240 g/mol. The van der Waals surface area contributed by atoms with Crippen molar-refractivity contribution >= 4 is 0 Å². The lowest BCUT2D eigenvalue weighted by Crippen LogP contribution is -2.40. The van der Waals surface area contributed by atoms with Gasteiger partial charge in [-0.3, -0.25) is 4.90 Å². The molecule has 1 N–H and O–H groups in total. The summed E-state index contributed by atoms with van der Waals surface area (Å²) in [6.45, 7) is 9.97. The minimum absolute atomic E-state index is 0.368. The van der Waals surface area contributed by atoms with Crippen molar-refractivity contribution < 1.29 is 4.74 Å². The first-order valence-corrected chi connectivity index (χ1v) is 7.32. The Bertz CT molecular complexity index is 210. The van der Waals surface area contributed by atoms with E-state index in [0.29, 0.717) is 6.10 Å². The molecule has 0 amide bonds. The Kier molecular flexibility index (Phi) is 5.26. The number of hydrogen-bond donors (Lipinski definition) is 1. The first kappa shape index (κ1) is 13.3. The molecule has 2 rings (SSSR count). The lowest BCUT2D eigenvalue weighted by atomic mass is 9.99. The van der Waals surface area contributed by atoms with Crippen LogP contribution in [0.4, 0.5) is 0 Å². The predicted octanol–water partition coefficient (Wildman–Crippen LogP) is 1.88. The molecular weight excluding hydrogens is 212 g/mol. The van der Waals surface area contributed by atoms with Crippen LogP contribution in [0.15, 0.2) is 0 Å². The third kappa shape index (κ3) is 4.94. The van der Waals surface area contributed by atoms with Gasteiger partial charge in [-0.2, -0.15) is 0 Å². The van der Waals surface area contributed by atoms with Crippen LogP contribution < -0.4 is 5.32 Å². The van der Waals surface area contributed by atoms with Gasteiger partial charge in [0.05, 0.1) is 12.7 Å². The van der Waals surface area contributed by atoms with Crippen molar-refractivity contribution in [2.75, 3.05) is 32.8 Å². The molecule has 1 aliphatic heterocycles. The van der Waals surface area contributed by atoms with Gasteiger partial charge in [0.25, 0.3) is 0 Å². The fourth-order valence-corrected chi connectivity index (χ4v) is 2.68. The first-order valence-electron chi connectivity index (χ1n) is 7.32. The van der Waals surface area contributed by atoms with Crippen molar-refractivity contribution in [3.8, 4) is 0 Å². The fourth-order valence-electron chi connectivity index (χ4n) is 2.68. The zero-order valence-corrected chi connectivity index (χ0v) is 11.5. The number of hydrogen-bond acceptors (Lipinski definition) is 3. The van der Waals surface area contributed by atoms with Crippen LogP contribution in [0.2, 0.25) is 0 Å². The van der Waals surface area contributed by atoms with Gasteiger partial charge in [0.2, 0.25) is 0 Å². The molecule has 1 heterocycles. The van der Waals surface area contributed by atoms with E-state index in [4.69, 9.17) is 4.74 Å². The summed E-state index contributed by atoms with van der Waals surface area (Å²) in [5, 5.41) is 3.52. The SMILES string of the molecule is CC(C)OCCN(CC1CCCNC1)C1CC1. The highest BCUT2D eigenvalue weighted by atomic mass is 16.5. The van der Waals surface area contributed by atoms with E-state index in [-0.39, 0.29) is 0 Å². The van der Waals surface area contributed by atoms with Gasteiger partial charge in [0.1, 0.15) is 0 Å². The smallest absolute Gasteiger partial charge is 0.0597 e. The van der Waals surface area contributed by atoms with Gasteiger partial charge in [-0.15, -0.1) is 0 Å². The Morgan fingerprint density at radius 1 is 1.29 bits per heavy atom. The molecule has 1 saturated carbocycles. The Balaban J connectivity index is 1.68. The molecule has 2 fully saturated rings. The van der Waals surface area contributed by atoms with Gasteiger partial charge in [-0.05, 0) is 58.5 Å². The minimum Gasteiger partial charge on any atom is -0.377 e. The Morgan fingerprint density at radius 3 is 2.71 bits per heavy atom. The van der Waals surface area contributed by atoms with E-state index in [1.807, 2.05) is 0 Å². The van der Waals surface area contributed by atoms with Crippen molar-refractivity contribution in [3.63, 3.8) is 0 Å². The Morgan fingerprint density at radius 2 is 2.12 bits per heavy atom. The van der Waals surface area contributed by atoms with Crippen molar-refractivity contribution in [2.45, 2.75) is 51.7 Å². The van der Waals surface area contributed by atoms with E-state index in [1.54, 1.807) is 0 Å². The summed E-state index contributed by atoms with van der Waals surface area (Å²) in [7, 11) is 0. The van der Waals surface area contributed by atoms with Gasteiger partial charge >= 0.3 is 0 Å². The van der Waals surface area contributed by atoms with E-state index in [0.717, 1.165) is 25.1 Å². The molecule has 1 unspecified atom stereocenters. The molecule has 3 heteroatoms. The largest absolute Gasteiger partial charge is 0.377 e. The maximum Gasteiger partial charge on any atom is 0.0597 e. The van der Waals surface area contributed by atoms with Gasteiger partial charge in [0, 0.05) is 19.1 Å². The Labute approximate surface area is 106 Å². The summed E-state index contributed by atoms with van der Waals surface area (Å²) in [6, 6.07) is 0.868. The molecule has 100 valence electrons. The minimum atomic E-state index is 0.368. The molecule has 1 saturated heterocycles. The number of ether oxygens (including phenoxy) is 1. The lowest BCUT2D eigenvalue weighted by Gasteiger charge is -2.30. The summed E-state index contributed by atoms with van der Waals surface area (Å²) >= 11 is 0. The van der Waals surface area contributed by atoms with Crippen molar-refractivity contribution in [2.24, 2.45) is 5.92 Å². The van der Waals surface area contributed by atoms with Crippen LogP contribution in [0.25, 0.3) is 0 Å². The van der Waals surface area contributed by atoms with Gasteiger partial charge in [0.15, 0.2) is 0 Å². The lowest BCUT2D eigenvalue weighted by molar-refractivity contribution is 0.0525. The molecule has 0 aromatic carbocycles. The first-order chi connectivity index (χ1) is 8.25. The molecule has 0 radical (unpaired) electrons. The van der Waals surface area contributed by atoms with Gasteiger partial charge in [-0.1, -0.05) is 0 Å². The van der Waals surface area contributed by atoms with E-state index < -0.39 is 0 Å². The summed E-state index contributed by atoms with van der Waals surface area (Å²) < 4.78 is 5.68. The second-order valence-corrected chi connectivity index (χ2v) is 5.86. The number of piperidine rings is 1. The van der Waals surface area contributed by atoms with E-state index in [9.17, 15) is 0 Å².